The standard InChI is InChI=1S/C9H18N4O3/c1-12-3-5-13(6-4-12)11-9(16)8(15)10-2-7-14/h14H,2-7H2,1H3,(H,10,15)(H,11,16). The van der Waals surface area contributed by atoms with Crippen molar-refractivity contribution in [2.75, 3.05) is 46.4 Å². The molecule has 1 aliphatic rings. The predicted molar refractivity (Wildman–Crippen MR) is 57.3 cm³/mol. The number of hydrogen-bond acceptors (Lipinski definition) is 5. The van der Waals surface area contributed by atoms with Crippen molar-refractivity contribution in [3.63, 3.8) is 0 Å². The molecular formula is C9H18N4O3. The predicted octanol–water partition coefficient (Wildman–Crippen LogP) is -2.63. The molecule has 1 aliphatic heterocycles. The molecule has 7 heteroatoms. The average molecular weight is 230 g/mol. The van der Waals surface area contributed by atoms with E-state index in [1.54, 1.807) is 5.01 Å². The summed E-state index contributed by atoms with van der Waals surface area (Å²) < 4.78 is 0. The number of nitrogens with one attached hydrogen (secondary N) is 2. The first-order valence-electron chi connectivity index (χ1n) is 5.26. The lowest BCUT2D eigenvalue weighted by molar-refractivity contribution is -0.142. The lowest BCUT2D eigenvalue weighted by Crippen LogP contribution is -2.55. The third-order valence-electron chi connectivity index (χ3n) is 2.37. The van der Waals surface area contributed by atoms with E-state index in [2.05, 4.69) is 15.6 Å². The molecule has 3 N–H and O–H groups in total. The molecule has 1 heterocycles. The Hall–Kier alpha value is -1.18. The molecule has 0 spiro atoms. The number of hydrogen-bond donors (Lipinski definition) is 3. The van der Waals surface area contributed by atoms with Gasteiger partial charge < -0.3 is 15.3 Å². The zero-order valence-electron chi connectivity index (χ0n) is 9.40. The highest BCUT2D eigenvalue weighted by Crippen LogP contribution is 1.94. The van der Waals surface area contributed by atoms with Gasteiger partial charge in [-0.15, -0.1) is 0 Å². The molecule has 0 aliphatic carbocycles. The summed E-state index contributed by atoms with van der Waals surface area (Å²) in [7, 11) is 2.01. The van der Waals surface area contributed by atoms with E-state index in [9.17, 15) is 9.59 Å². The van der Waals surface area contributed by atoms with Gasteiger partial charge in [0, 0.05) is 32.7 Å². The Morgan fingerprint density at radius 2 is 1.81 bits per heavy atom. The Bertz CT molecular complexity index is 251. The number of carbonyl (C=O) groups excluding carboxylic acids is 2. The molecule has 2 amide bonds. The largest absolute Gasteiger partial charge is 0.395 e. The number of rotatable bonds is 3. The summed E-state index contributed by atoms with van der Waals surface area (Å²) in [5.74, 6) is -1.40. The van der Waals surface area contributed by atoms with Crippen LogP contribution in [0.15, 0.2) is 0 Å². The molecule has 0 atom stereocenters. The van der Waals surface area contributed by atoms with Crippen molar-refractivity contribution in [1.82, 2.24) is 20.7 Å². The van der Waals surface area contributed by atoms with E-state index in [1.807, 2.05) is 7.05 Å². The zero-order chi connectivity index (χ0) is 12.0. The summed E-state index contributed by atoms with van der Waals surface area (Å²) in [5, 5.41) is 12.5. The molecule has 92 valence electrons. The van der Waals surface area contributed by atoms with Crippen molar-refractivity contribution in [2.45, 2.75) is 0 Å². The SMILES string of the molecule is CN1CCN(NC(=O)C(=O)NCCO)CC1. The minimum Gasteiger partial charge on any atom is -0.395 e. The first-order valence-corrected chi connectivity index (χ1v) is 5.26. The zero-order valence-corrected chi connectivity index (χ0v) is 9.40. The Morgan fingerprint density at radius 1 is 1.19 bits per heavy atom. The summed E-state index contributed by atoms with van der Waals surface area (Å²) in [5.41, 5.74) is 2.52. The summed E-state index contributed by atoms with van der Waals surface area (Å²) in [4.78, 5) is 24.7. The highest BCUT2D eigenvalue weighted by molar-refractivity contribution is 6.34. The van der Waals surface area contributed by atoms with Crippen molar-refractivity contribution in [2.24, 2.45) is 0 Å². The molecule has 1 fully saturated rings. The molecule has 16 heavy (non-hydrogen) atoms. The van der Waals surface area contributed by atoms with Crippen molar-refractivity contribution in [3.8, 4) is 0 Å². The van der Waals surface area contributed by atoms with Crippen LogP contribution in [0.2, 0.25) is 0 Å². The van der Waals surface area contributed by atoms with E-state index in [0.717, 1.165) is 13.1 Å². The van der Waals surface area contributed by atoms with Crippen molar-refractivity contribution in [3.05, 3.63) is 0 Å². The van der Waals surface area contributed by atoms with Crippen LogP contribution in [0.1, 0.15) is 0 Å². The van der Waals surface area contributed by atoms with Gasteiger partial charge >= 0.3 is 11.8 Å². The molecule has 0 aromatic heterocycles. The van der Waals surface area contributed by atoms with Gasteiger partial charge in [-0.1, -0.05) is 0 Å². The van der Waals surface area contributed by atoms with E-state index in [4.69, 9.17) is 5.11 Å². The number of carbonyl (C=O) groups is 2. The smallest absolute Gasteiger partial charge is 0.323 e. The fraction of sp³-hybridized carbons (Fsp3) is 0.778. The van der Waals surface area contributed by atoms with Gasteiger partial charge in [-0.2, -0.15) is 0 Å². The number of likely N-dealkylation sites (N-methyl/N-ethyl adjacent to an activating group) is 1. The molecule has 0 saturated carbocycles. The second-order valence-corrected chi connectivity index (χ2v) is 3.71. The van der Waals surface area contributed by atoms with Gasteiger partial charge in [0.05, 0.1) is 6.61 Å². The number of piperazine rings is 1. The number of amides is 2. The van der Waals surface area contributed by atoms with Crippen molar-refractivity contribution in [1.29, 1.82) is 0 Å². The highest BCUT2D eigenvalue weighted by Gasteiger charge is 2.19. The van der Waals surface area contributed by atoms with Gasteiger partial charge in [0.2, 0.25) is 0 Å². The maximum Gasteiger partial charge on any atom is 0.323 e. The van der Waals surface area contributed by atoms with Gasteiger partial charge in [0.15, 0.2) is 0 Å². The number of aliphatic hydroxyl groups excluding tert-OH is 1. The van der Waals surface area contributed by atoms with E-state index in [0.29, 0.717) is 13.1 Å². The summed E-state index contributed by atoms with van der Waals surface area (Å²) in [6, 6.07) is 0. The minimum absolute atomic E-state index is 0.0923. The van der Waals surface area contributed by atoms with E-state index in [-0.39, 0.29) is 13.2 Å². The summed E-state index contributed by atoms with van der Waals surface area (Å²) in [6.45, 7) is 3.05. The molecule has 1 saturated heterocycles. The third-order valence-corrected chi connectivity index (χ3v) is 2.37. The van der Waals surface area contributed by atoms with E-state index < -0.39 is 11.8 Å². The third kappa shape index (κ3) is 4.13. The maximum absolute atomic E-state index is 11.3. The summed E-state index contributed by atoms with van der Waals surface area (Å²) in [6.07, 6.45) is 0. The lowest BCUT2D eigenvalue weighted by Gasteiger charge is -2.32. The molecule has 0 aromatic rings. The van der Waals surface area contributed by atoms with Crippen LogP contribution < -0.4 is 10.7 Å². The van der Waals surface area contributed by atoms with Gasteiger partial charge in [-0.05, 0) is 7.05 Å². The van der Waals surface area contributed by atoms with Crippen LogP contribution in [0.25, 0.3) is 0 Å². The van der Waals surface area contributed by atoms with Crippen molar-refractivity contribution >= 4 is 11.8 Å². The van der Waals surface area contributed by atoms with Gasteiger partial charge in [0.1, 0.15) is 0 Å². The minimum atomic E-state index is -0.715. The van der Waals surface area contributed by atoms with Crippen molar-refractivity contribution < 1.29 is 14.7 Å². The van der Waals surface area contributed by atoms with Gasteiger partial charge in [-0.3, -0.25) is 15.0 Å². The molecule has 0 unspecified atom stereocenters. The first-order chi connectivity index (χ1) is 7.63. The van der Waals surface area contributed by atoms with Gasteiger partial charge in [0.25, 0.3) is 0 Å². The molecule has 0 radical (unpaired) electrons. The quantitative estimate of drug-likeness (QED) is 0.462. The fourth-order valence-electron chi connectivity index (χ4n) is 1.36. The van der Waals surface area contributed by atoms with Crippen LogP contribution >= 0.6 is 0 Å². The molecule has 0 bridgehead atoms. The van der Waals surface area contributed by atoms with Crippen LogP contribution in [0.4, 0.5) is 0 Å². The molecular weight excluding hydrogens is 212 g/mol. The molecule has 7 nitrogen and oxygen atoms in total. The monoisotopic (exact) mass is 230 g/mol. The molecule has 0 aromatic carbocycles. The van der Waals surface area contributed by atoms with Crippen LogP contribution in [0.3, 0.4) is 0 Å². The van der Waals surface area contributed by atoms with Crippen LogP contribution in [0, 0.1) is 0 Å². The van der Waals surface area contributed by atoms with Crippen LogP contribution in [-0.2, 0) is 9.59 Å². The first kappa shape index (κ1) is 12.9. The van der Waals surface area contributed by atoms with Crippen LogP contribution in [-0.4, -0.2) is 73.2 Å². The second kappa shape index (κ2) is 6.41. The lowest BCUT2D eigenvalue weighted by atomic mass is 10.4. The number of hydrazine groups is 1. The Balaban J connectivity index is 2.25. The van der Waals surface area contributed by atoms with E-state index >= 15 is 0 Å². The topological polar surface area (TPSA) is 84.9 Å². The number of nitrogens with zero attached hydrogens (tertiary/aromatic N) is 2. The normalized spacial score (nSPS) is 18.1. The maximum atomic E-state index is 11.3. The Labute approximate surface area is 94.4 Å². The number of aliphatic hydroxyl groups is 1. The average Bonchev–Trinajstić information content (AvgIpc) is 2.29. The highest BCUT2D eigenvalue weighted by atomic mass is 16.3. The summed E-state index contributed by atoms with van der Waals surface area (Å²) >= 11 is 0. The molecule has 1 rings (SSSR count). The van der Waals surface area contributed by atoms with Crippen LogP contribution in [0.5, 0.6) is 0 Å². The fourth-order valence-corrected chi connectivity index (χ4v) is 1.36. The Kier molecular flexibility index (Phi) is 5.17. The Morgan fingerprint density at radius 3 is 2.38 bits per heavy atom. The van der Waals surface area contributed by atoms with Gasteiger partial charge in [-0.25, -0.2) is 5.01 Å². The van der Waals surface area contributed by atoms with E-state index in [1.165, 1.54) is 0 Å². The second-order valence-electron chi connectivity index (χ2n) is 3.71.